The van der Waals surface area contributed by atoms with Crippen LogP contribution in [0.2, 0.25) is 0 Å². The van der Waals surface area contributed by atoms with Crippen LogP contribution in [0.4, 0.5) is 0 Å². The van der Waals surface area contributed by atoms with Gasteiger partial charge in [0.25, 0.3) is 0 Å². The molecule has 0 bridgehead atoms. The SMILES string of the molecule is CC(C)C(O)C#Cc1ccc(-c2ccccc2)cc1. The molecule has 2 aromatic rings. The van der Waals surface area contributed by atoms with Gasteiger partial charge in [0.2, 0.25) is 0 Å². The summed E-state index contributed by atoms with van der Waals surface area (Å²) in [7, 11) is 0. The topological polar surface area (TPSA) is 20.2 Å². The van der Waals surface area contributed by atoms with Gasteiger partial charge in [0.1, 0.15) is 6.10 Å². The van der Waals surface area contributed by atoms with E-state index in [9.17, 15) is 5.11 Å². The van der Waals surface area contributed by atoms with E-state index in [-0.39, 0.29) is 5.92 Å². The van der Waals surface area contributed by atoms with Crippen molar-refractivity contribution in [3.05, 3.63) is 60.2 Å². The van der Waals surface area contributed by atoms with E-state index >= 15 is 0 Å². The van der Waals surface area contributed by atoms with E-state index in [0.29, 0.717) is 0 Å². The number of rotatable bonds is 2. The molecule has 19 heavy (non-hydrogen) atoms. The zero-order chi connectivity index (χ0) is 13.7. The number of hydrogen-bond acceptors (Lipinski definition) is 1. The Labute approximate surface area is 114 Å². The van der Waals surface area contributed by atoms with Crippen LogP contribution in [0.3, 0.4) is 0 Å². The van der Waals surface area contributed by atoms with Crippen molar-refractivity contribution >= 4 is 0 Å². The monoisotopic (exact) mass is 250 g/mol. The summed E-state index contributed by atoms with van der Waals surface area (Å²) in [5, 5.41) is 9.65. The summed E-state index contributed by atoms with van der Waals surface area (Å²) < 4.78 is 0. The molecule has 2 rings (SSSR count). The lowest BCUT2D eigenvalue weighted by Crippen LogP contribution is -2.11. The molecule has 0 heterocycles. The van der Waals surface area contributed by atoms with Gasteiger partial charge in [0, 0.05) is 5.56 Å². The standard InChI is InChI=1S/C18H18O/c1-14(2)18(19)13-10-15-8-11-17(12-9-15)16-6-4-3-5-7-16/h3-9,11-12,14,18-19H,1-2H3. The molecule has 0 saturated heterocycles. The number of aliphatic hydroxyl groups excluding tert-OH is 1. The Morgan fingerprint density at radius 3 is 2.00 bits per heavy atom. The van der Waals surface area contributed by atoms with Crippen molar-refractivity contribution in [2.45, 2.75) is 20.0 Å². The van der Waals surface area contributed by atoms with Crippen LogP contribution < -0.4 is 0 Å². The second-order valence-corrected chi connectivity index (χ2v) is 4.90. The number of benzene rings is 2. The summed E-state index contributed by atoms with van der Waals surface area (Å²) in [4.78, 5) is 0. The minimum Gasteiger partial charge on any atom is -0.380 e. The average Bonchev–Trinajstić information content (AvgIpc) is 2.46. The Bertz CT molecular complexity index is 571. The lowest BCUT2D eigenvalue weighted by molar-refractivity contribution is 0.181. The highest BCUT2D eigenvalue weighted by atomic mass is 16.3. The van der Waals surface area contributed by atoms with E-state index in [2.05, 4.69) is 36.1 Å². The van der Waals surface area contributed by atoms with Crippen LogP contribution in [-0.2, 0) is 0 Å². The van der Waals surface area contributed by atoms with Crippen molar-refractivity contribution in [1.29, 1.82) is 0 Å². The molecule has 1 N–H and O–H groups in total. The largest absolute Gasteiger partial charge is 0.380 e. The summed E-state index contributed by atoms with van der Waals surface area (Å²) in [6, 6.07) is 18.3. The Morgan fingerprint density at radius 1 is 0.842 bits per heavy atom. The van der Waals surface area contributed by atoms with Crippen molar-refractivity contribution in [3.8, 4) is 23.0 Å². The molecule has 0 amide bonds. The van der Waals surface area contributed by atoms with E-state index in [1.54, 1.807) is 0 Å². The fourth-order valence-electron chi connectivity index (χ4n) is 1.70. The van der Waals surface area contributed by atoms with E-state index < -0.39 is 6.10 Å². The summed E-state index contributed by atoms with van der Waals surface area (Å²) in [6.07, 6.45) is -0.561. The summed E-state index contributed by atoms with van der Waals surface area (Å²) in [5.41, 5.74) is 3.30. The van der Waals surface area contributed by atoms with Crippen molar-refractivity contribution < 1.29 is 5.11 Å². The van der Waals surface area contributed by atoms with E-state index in [1.165, 1.54) is 11.1 Å². The molecule has 0 radical (unpaired) electrons. The molecule has 96 valence electrons. The lowest BCUT2D eigenvalue weighted by atomic mass is 10.0. The van der Waals surface area contributed by atoms with Gasteiger partial charge in [-0.1, -0.05) is 68.2 Å². The van der Waals surface area contributed by atoms with Crippen molar-refractivity contribution in [2.75, 3.05) is 0 Å². The zero-order valence-electron chi connectivity index (χ0n) is 11.3. The first-order valence-electron chi connectivity index (χ1n) is 6.52. The van der Waals surface area contributed by atoms with Crippen LogP contribution in [0.1, 0.15) is 19.4 Å². The van der Waals surface area contributed by atoms with Crippen molar-refractivity contribution in [2.24, 2.45) is 5.92 Å². The second-order valence-electron chi connectivity index (χ2n) is 4.90. The highest BCUT2D eigenvalue weighted by Gasteiger charge is 2.03. The van der Waals surface area contributed by atoms with E-state index in [4.69, 9.17) is 0 Å². The zero-order valence-corrected chi connectivity index (χ0v) is 11.3. The van der Waals surface area contributed by atoms with Crippen LogP contribution in [-0.4, -0.2) is 11.2 Å². The van der Waals surface area contributed by atoms with Gasteiger partial charge >= 0.3 is 0 Å². The smallest absolute Gasteiger partial charge is 0.117 e. The third-order valence-electron chi connectivity index (χ3n) is 2.99. The van der Waals surface area contributed by atoms with Gasteiger partial charge in [-0.15, -0.1) is 0 Å². The molecule has 0 fully saturated rings. The molecule has 0 aliphatic heterocycles. The molecule has 0 aliphatic rings. The highest BCUT2D eigenvalue weighted by molar-refractivity contribution is 5.64. The fourth-order valence-corrected chi connectivity index (χ4v) is 1.70. The van der Waals surface area contributed by atoms with Gasteiger partial charge in [0.15, 0.2) is 0 Å². The molecule has 1 atom stereocenters. The van der Waals surface area contributed by atoms with Gasteiger partial charge in [-0.05, 0) is 29.2 Å². The molecule has 1 nitrogen and oxygen atoms in total. The first-order valence-corrected chi connectivity index (χ1v) is 6.52. The van der Waals surface area contributed by atoms with Gasteiger partial charge in [0.05, 0.1) is 0 Å². The lowest BCUT2D eigenvalue weighted by Gasteiger charge is -2.05. The molecule has 0 spiro atoms. The van der Waals surface area contributed by atoms with Crippen LogP contribution in [0.15, 0.2) is 54.6 Å². The molecule has 0 aromatic heterocycles. The first-order chi connectivity index (χ1) is 9.16. The van der Waals surface area contributed by atoms with Gasteiger partial charge in [-0.25, -0.2) is 0 Å². The van der Waals surface area contributed by atoms with Crippen molar-refractivity contribution in [1.82, 2.24) is 0 Å². The van der Waals surface area contributed by atoms with Crippen LogP contribution >= 0.6 is 0 Å². The number of aliphatic hydroxyl groups is 1. The second kappa shape index (κ2) is 6.22. The van der Waals surface area contributed by atoms with E-state index in [0.717, 1.165) is 5.56 Å². The molecular formula is C18H18O. The molecule has 1 heteroatoms. The Balaban J connectivity index is 2.15. The van der Waals surface area contributed by atoms with E-state index in [1.807, 2.05) is 44.2 Å². The minimum absolute atomic E-state index is 0.163. The maximum absolute atomic E-state index is 9.65. The Kier molecular flexibility index (Phi) is 4.39. The average molecular weight is 250 g/mol. The van der Waals surface area contributed by atoms with Gasteiger partial charge in [-0.2, -0.15) is 0 Å². The van der Waals surface area contributed by atoms with Crippen molar-refractivity contribution in [3.63, 3.8) is 0 Å². The molecule has 1 unspecified atom stereocenters. The number of hydrogen-bond donors (Lipinski definition) is 1. The first kappa shape index (κ1) is 13.4. The Hall–Kier alpha value is -2.04. The van der Waals surface area contributed by atoms with Crippen LogP contribution in [0.25, 0.3) is 11.1 Å². The van der Waals surface area contributed by atoms with Crippen LogP contribution in [0.5, 0.6) is 0 Å². The normalized spacial score (nSPS) is 11.8. The third kappa shape index (κ3) is 3.71. The third-order valence-corrected chi connectivity index (χ3v) is 2.99. The highest BCUT2D eigenvalue weighted by Crippen LogP contribution is 2.18. The summed E-state index contributed by atoms with van der Waals surface area (Å²) in [6.45, 7) is 3.91. The molecule has 0 aliphatic carbocycles. The predicted octanol–water partition coefficient (Wildman–Crippen LogP) is 3.72. The van der Waals surface area contributed by atoms with Gasteiger partial charge < -0.3 is 5.11 Å². The quantitative estimate of drug-likeness (QED) is 0.805. The minimum atomic E-state index is -0.561. The maximum Gasteiger partial charge on any atom is 0.117 e. The molecule has 2 aromatic carbocycles. The van der Waals surface area contributed by atoms with Crippen LogP contribution in [0, 0.1) is 17.8 Å². The maximum atomic E-state index is 9.65. The fraction of sp³-hybridized carbons (Fsp3) is 0.222. The molecular weight excluding hydrogens is 232 g/mol. The summed E-state index contributed by atoms with van der Waals surface area (Å²) >= 11 is 0. The van der Waals surface area contributed by atoms with Gasteiger partial charge in [-0.3, -0.25) is 0 Å². The summed E-state index contributed by atoms with van der Waals surface area (Å²) in [5.74, 6) is 6.03. The molecule has 0 saturated carbocycles. The Morgan fingerprint density at radius 2 is 1.42 bits per heavy atom. The predicted molar refractivity (Wildman–Crippen MR) is 79.6 cm³/mol.